The predicted molar refractivity (Wildman–Crippen MR) is 298 cm³/mol. The number of allylic oxidation sites excluding steroid dienone is 4. The molecule has 1 unspecified atom stereocenters. The molecular formula is C63H118O6. The van der Waals surface area contributed by atoms with E-state index in [-0.39, 0.29) is 31.1 Å². The Morgan fingerprint density at radius 2 is 0.522 bits per heavy atom. The second kappa shape index (κ2) is 58.5. The van der Waals surface area contributed by atoms with E-state index in [1.165, 1.54) is 238 Å². The summed E-state index contributed by atoms with van der Waals surface area (Å²) in [5, 5.41) is 0. The lowest BCUT2D eigenvalue weighted by Gasteiger charge is -2.18. The fraction of sp³-hybridized carbons (Fsp3) is 0.889. The highest BCUT2D eigenvalue weighted by Crippen LogP contribution is 2.17. The molecule has 0 aliphatic carbocycles. The van der Waals surface area contributed by atoms with Crippen molar-refractivity contribution in [2.45, 2.75) is 348 Å². The minimum absolute atomic E-state index is 0.0646. The number of rotatable bonds is 57. The highest BCUT2D eigenvalue weighted by molar-refractivity contribution is 5.71. The molecular weight excluding hydrogens is 853 g/mol. The maximum absolute atomic E-state index is 12.8. The maximum atomic E-state index is 12.8. The van der Waals surface area contributed by atoms with Gasteiger partial charge in [0.15, 0.2) is 6.10 Å². The van der Waals surface area contributed by atoms with Gasteiger partial charge < -0.3 is 14.2 Å². The van der Waals surface area contributed by atoms with Gasteiger partial charge in [-0.3, -0.25) is 14.4 Å². The quantitative estimate of drug-likeness (QED) is 0.0261. The molecule has 0 N–H and O–H groups in total. The number of carbonyl (C=O) groups is 3. The van der Waals surface area contributed by atoms with Gasteiger partial charge in [-0.15, -0.1) is 0 Å². The molecule has 69 heavy (non-hydrogen) atoms. The summed E-state index contributed by atoms with van der Waals surface area (Å²) in [5.74, 6) is -0.849. The first-order valence-electron chi connectivity index (χ1n) is 30.8. The first-order valence-corrected chi connectivity index (χ1v) is 30.8. The van der Waals surface area contributed by atoms with Crippen molar-refractivity contribution in [3.63, 3.8) is 0 Å². The molecule has 0 fully saturated rings. The van der Waals surface area contributed by atoms with Gasteiger partial charge >= 0.3 is 17.9 Å². The van der Waals surface area contributed by atoms with E-state index in [1.54, 1.807) is 0 Å². The van der Waals surface area contributed by atoms with Crippen LogP contribution in [0.4, 0.5) is 0 Å². The third kappa shape index (κ3) is 56.7. The summed E-state index contributed by atoms with van der Waals surface area (Å²) >= 11 is 0. The molecule has 6 nitrogen and oxygen atoms in total. The summed E-state index contributed by atoms with van der Waals surface area (Å²) in [5.41, 5.74) is 0. The molecule has 0 spiro atoms. The lowest BCUT2D eigenvalue weighted by molar-refractivity contribution is -0.167. The molecule has 0 aliphatic rings. The highest BCUT2D eigenvalue weighted by atomic mass is 16.6. The molecule has 0 aromatic carbocycles. The number of ether oxygens (including phenoxy) is 3. The fourth-order valence-corrected chi connectivity index (χ4v) is 9.30. The molecule has 0 bridgehead atoms. The van der Waals surface area contributed by atoms with Crippen molar-refractivity contribution >= 4 is 17.9 Å². The molecule has 0 rings (SSSR count). The Morgan fingerprint density at radius 1 is 0.290 bits per heavy atom. The Kier molecular flexibility index (Phi) is 56.7. The van der Waals surface area contributed by atoms with Gasteiger partial charge in [-0.1, -0.05) is 295 Å². The van der Waals surface area contributed by atoms with Crippen LogP contribution < -0.4 is 0 Å². The van der Waals surface area contributed by atoms with Gasteiger partial charge in [0.2, 0.25) is 0 Å². The average molecular weight is 972 g/mol. The Bertz CT molecular complexity index is 1110. The SMILES string of the molecule is CCCCCCC/C=C\C/C=C\CCCCCCCCCCCCCCCCCCCCCC(=O)OCC(COC(=O)CCCCCCCCCC)OC(=O)CCCCCCCCCCCCCC. The molecule has 0 amide bonds. The number of unbranched alkanes of at least 4 members (excludes halogenated alkanes) is 42. The van der Waals surface area contributed by atoms with E-state index in [9.17, 15) is 14.4 Å². The summed E-state index contributed by atoms with van der Waals surface area (Å²) in [6.45, 7) is 6.64. The monoisotopic (exact) mass is 971 g/mol. The molecule has 0 radical (unpaired) electrons. The summed E-state index contributed by atoms with van der Waals surface area (Å²) in [4.78, 5) is 37.9. The number of hydrogen-bond donors (Lipinski definition) is 0. The van der Waals surface area contributed by atoms with Crippen LogP contribution in [0.15, 0.2) is 24.3 Å². The van der Waals surface area contributed by atoms with E-state index in [0.29, 0.717) is 19.3 Å². The molecule has 0 saturated carbocycles. The number of hydrogen-bond acceptors (Lipinski definition) is 6. The van der Waals surface area contributed by atoms with Crippen molar-refractivity contribution in [2.24, 2.45) is 0 Å². The molecule has 0 heterocycles. The van der Waals surface area contributed by atoms with E-state index in [2.05, 4.69) is 45.1 Å². The zero-order valence-electron chi connectivity index (χ0n) is 46.6. The van der Waals surface area contributed by atoms with Crippen molar-refractivity contribution in [2.75, 3.05) is 13.2 Å². The first-order chi connectivity index (χ1) is 34.0. The Labute approximate surface area is 430 Å². The first kappa shape index (κ1) is 66.9. The zero-order chi connectivity index (χ0) is 50.0. The molecule has 0 aromatic heterocycles. The van der Waals surface area contributed by atoms with Gasteiger partial charge in [0.25, 0.3) is 0 Å². The van der Waals surface area contributed by atoms with Gasteiger partial charge in [0, 0.05) is 19.3 Å². The van der Waals surface area contributed by atoms with Crippen molar-refractivity contribution in [1.29, 1.82) is 0 Å². The van der Waals surface area contributed by atoms with Crippen molar-refractivity contribution in [3.05, 3.63) is 24.3 Å². The summed E-state index contributed by atoms with van der Waals surface area (Å²) in [7, 11) is 0. The molecule has 1 atom stereocenters. The van der Waals surface area contributed by atoms with E-state index in [4.69, 9.17) is 14.2 Å². The molecule has 0 aliphatic heterocycles. The Morgan fingerprint density at radius 3 is 0.797 bits per heavy atom. The van der Waals surface area contributed by atoms with Gasteiger partial charge in [0.05, 0.1) is 0 Å². The standard InChI is InChI=1S/C63H118O6/c1-4-7-10-13-16-19-21-23-24-25-26-27-28-29-30-31-32-33-34-35-36-37-38-39-40-41-43-44-47-50-53-56-62(65)68-59-60(58-67-61(64)55-52-49-46-18-15-12-9-6-3)69-63(66)57-54-51-48-45-42-22-20-17-14-11-8-5-2/h21,23,25-26,60H,4-20,22,24,27-59H2,1-3H3/b23-21-,26-25-. The maximum Gasteiger partial charge on any atom is 0.306 e. The normalized spacial score (nSPS) is 12.1. The van der Waals surface area contributed by atoms with Gasteiger partial charge in [-0.25, -0.2) is 0 Å². The number of carbonyl (C=O) groups excluding carboxylic acids is 3. The Balaban J connectivity index is 3.97. The van der Waals surface area contributed by atoms with E-state index in [1.807, 2.05) is 0 Å². The lowest BCUT2D eigenvalue weighted by atomic mass is 10.0. The summed E-state index contributed by atoms with van der Waals surface area (Å²) in [6.07, 6.45) is 69.3. The van der Waals surface area contributed by atoms with Crippen LogP contribution in [0.25, 0.3) is 0 Å². The largest absolute Gasteiger partial charge is 0.462 e. The third-order valence-corrected chi connectivity index (χ3v) is 14.0. The molecule has 6 heteroatoms. The van der Waals surface area contributed by atoms with E-state index >= 15 is 0 Å². The minimum Gasteiger partial charge on any atom is -0.462 e. The average Bonchev–Trinajstić information content (AvgIpc) is 3.35. The van der Waals surface area contributed by atoms with Crippen LogP contribution in [0.3, 0.4) is 0 Å². The van der Waals surface area contributed by atoms with Gasteiger partial charge in [-0.05, 0) is 51.4 Å². The van der Waals surface area contributed by atoms with Crippen LogP contribution in [0.1, 0.15) is 342 Å². The van der Waals surface area contributed by atoms with Crippen molar-refractivity contribution in [3.8, 4) is 0 Å². The third-order valence-electron chi connectivity index (χ3n) is 14.0. The predicted octanol–water partition coefficient (Wildman–Crippen LogP) is 20.7. The van der Waals surface area contributed by atoms with Gasteiger partial charge in [0.1, 0.15) is 13.2 Å². The van der Waals surface area contributed by atoms with Crippen molar-refractivity contribution < 1.29 is 28.6 Å². The number of esters is 3. The smallest absolute Gasteiger partial charge is 0.306 e. The van der Waals surface area contributed by atoms with E-state index in [0.717, 1.165) is 64.2 Å². The van der Waals surface area contributed by atoms with Crippen molar-refractivity contribution in [1.82, 2.24) is 0 Å². The molecule has 0 aromatic rings. The van der Waals surface area contributed by atoms with Crippen LogP contribution in [0.5, 0.6) is 0 Å². The Hall–Kier alpha value is -2.11. The van der Waals surface area contributed by atoms with Gasteiger partial charge in [-0.2, -0.15) is 0 Å². The second-order valence-electron chi connectivity index (χ2n) is 21.0. The minimum atomic E-state index is -0.762. The van der Waals surface area contributed by atoms with Crippen LogP contribution in [-0.2, 0) is 28.6 Å². The van der Waals surface area contributed by atoms with Crippen LogP contribution in [0.2, 0.25) is 0 Å². The molecule has 406 valence electrons. The lowest BCUT2D eigenvalue weighted by Crippen LogP contribution is -2.30. The summed E-state index contributed by atoms with van der Waals surface area (Å²) < 4.78 is 16.8. The molecule has 0 saturated heterocycles. The zero-order valence-corrected chi connectivity index (χ0v) is 46.6. The fourth-order valence-electron chi connectivity index (χ4n) is 9.30. The van der Waals surface area contributed by atoms with E-state index < -0.39 is 6.10 Å². The van der Waals surface area contributed by atoms with Crippen LogP contribution in [0, 0.1) is 0 Å². The second-order valence-corrected chi connectivity index (χ2v) is 21.0. The summed E-state index contributed by atoms with van der Waals surface area (Å²) in [6, 6.07) is 0. The highest BCUT2D eigenvalue weighted by Gasteiger charge is 2.19. The topological polar surface area (TPSA) is 78.9 Å². The van der Waals surface area contributed by atoms with Crippen LogP contribution >= 0.6 is 0 Å². The van der Waals surface area contributed by atoms with Crippen LogP contribution in [-0.4, -0.2) is 37.2 Å².